The largest absolute Gasteiger partial charge is 0.497 e. The first kappa shape index (κ1) is 28.2. The van der Waals surface area contributed by atoms with Crippen molar-refractivity contribution in [3.63, 3.8) is 0 Å². The number of hydrogen-bond acceptors (Lipinski definition) is 9. The number of methoxy groups -OCH3 is 4. The first-order valence-electron chi connectivity index (χ1n) is 13.1. The molecule has 2 aromatic carbocycles. The molecule has 0 spiro atoms. The Labute approximate surface area is 229 Å². The molecule has 2 aromatic rings. The highest BCUT2D eigenvalue weighted by Crippen LogP contribution is 2.41. The van der Waals surface area contributed by atoms with Crippen molar-refractivity contribution in [2.75, 3.05) is 54.7 Å². The number of nitrogens with zero attached hydrogens (tertiary/aromatic N) is 3. The Hall–Kier alpha value is -3.79. The predicted molar refractivity (Wildman–Crippen MR) is 146 cm³/mol. The number of esters is 1. The molecule has 4 rings (SSSR count). The van der Waals surface area contributed by atoms with Gasteiger partial charge in [-0.1, -0.05) is 0 Å². The number of ether oxygens (including phenoxy) is 5. The van der Waals surface area contributed by atoms with Gasteiger partial charge in [-0.15, -0.1) is 0 Å². The maximum Gasteiger partial charge on any atom is 0.309 e. The fraction of sp³-hybridized carbons (Fsp3) is 0.483. The van der Waals surface area contributed by atoms with Crippen molar-refractivity contribution in [1.29, 1.82) is 0 Å². The molecule has 1 fully saturated rings. The number of likely N-dealkylation sites (tertiary alicyclic amines) is 1. The molecule has 0 bridgehead atoms. The van der Waals surface area contributed by atoms with Gasteiger partial charge in [-0.3, -0.25) is 14.5 Å². The van der Waals surface area contributed by atoms with Gasteiger partial charge in [0.25, 0.3) is 5.91 Å². The summed E-state index contributed by atoms with van der Waals surface area (Å²) < 4.78 is 27.3. The molecule has 2 aliphatic rings. The summed E-state index contributed by atoms with van der Waals surface area (Å²) in [6, 6.07) is 10.7. The Morgan fingerprint density at radius 1 is 0.897 bits per heavy atom. The Kier molecular flexibility index (Phi) is 9.29. The molecular formula is C29H37N3O7. The number of piperidine rings is 1. The second-order valence-corrected chi connectivity index (χ2v) is 9.48. The van der Waals surface area contributed by atoms with E-state index < -0.39 is 6.04 Å². The van der Waals surface area contributed by atoms with E-state index in [-0.39, 0.29) is 24.3 Å². The SMILES string of the molecule is CCOC(=O)C1CCN(CC(=O)N2N=C(c3ccc(OC)cc3OC)CC2c2cc(OC)ccc2OC)CC1. The molecule has 0 aliphatic carbocycles. The van der Waals surface area contributed by atoms with Crippen LogP contribution in [0.1, 0.15) is 43.4 Å². The molecule has 2 heterocycles. The van der Waals surface area contributed by atoms with Gasteiger partial charge in [0, 0.05) is 23.6 Å². The number of rotatable bonds is 10. The topological polar surface area (TPSA) is 99.1 Å². The quantitative estimate of drug-likeness (QED) is 0.422. The van der Waals surface area contributed by atoms with E-state index in [1.54, 1.807) is 39.5 Å². The average Bonchev–Trinajstić information content (AvgIpc) is 3.42. The van der Waals surface area contributed by atoms with Crippen LogP contribution < -0.4 is 18.9 Å². The van der Waals surface area contributed by atoms with Crippen LogP contribution in [0.3, 0.4) is 0 Å². The fourth-order valence-electron chi connectivity index (χ4n) is 5.13. The number of carbonyl (C=O) groups is 2. The van der Waals surface area contributed by atoms with Crippen LogP contribution in [0.2, 0.25) is 0 Å². The fourth-order valence-corrected chi connectivity index (χ4v) is 5.13. The highest BCUT2D eigenvalue weighted by atomic mass is 16.5. The van der Waals surface area contributed by atoms with Crippen LogP contribution >= 0.6 is 0 Å². The second-order valence-electron chi connectivity index (χ2n) is 9.48. The minimum atomic E-state index is -0.401. The first-order chi connectivity index (χ1) is 18.9. The lowest BCUT2D eigenvalue weighted by Gasteiger charge is -2.32. The maximum atomic E-state index is 13.8. The smallest absolute Gasteiger partial charge is 0.309 e. The van der Waals surface area contributed by atoms with Crippen molar-refractivity contribution in [3.8, 4) is 23.0 Å². The van der Waals surface area contributed by atoms with Crippen molar-refractivity contribution in [1.82, 2.24) is 9.91 Å². The maximum absolute atomic E-state index is 13.8. The lowest BCUT2D eigenvalue weighted by atomic mass is 9.96. The summed E-state index contributed by atoms with van der Waals surface area (Å²) in [4.78, 5) is 28.0. The van der Waals surface area contributed by atoms with Gasteiger partial charge in [0.15, 0.2) is 0 Å². The van der Waals surface area contributed by atoms with Crippen molar-refractivity contribution in [3.05, 3.63) is 47.5 Å². The minimum Gasteiger partial charge on any atom is -0.497 e. The van der Waals surface area contributed by atoms with Gasteiger partial charge >= 0.3 is 5.97 Å². The van der Waals surface area contributed by atoms with E-state index in [0.717, 1.165) is 16.8 Å². The van der Waals surface area contributed by atoms with Gasteiger partial charge in [-0.05, 0) is 63.2 Å². The van der Waals surface area contributed by atoms with E-state index in [4.69, 9.17) is 28.8 Å². The van der Waals surface area contributed by atoms with Crippen molar-refractivity contribution >= 4 is 17.6 Å². The van der Waals surface area contributed by atoms with Crippen LogP contribution in [-0.2, 0) is 14.3 Å². The Balaban J connectivity index is 1.61. The summed E-state index contributed by atoms with van der Waals surface area (Å²) >= 11 is 0. The Bertz CT molecular complexity index is 1210. The molecule has 1 saturated heterocycles. The highest BCUT2D eigenvalue weighted by molar-refractivity contribution is 6.05. The van der Waals surface area contributed by atoms with Crippen LogP contribution in [0.4, 0.5) is 0 Å². The third-order valence-corrected chi connectivity index (χ3v) is 7.25. The van der Waals surface area contributed by atoms with Gasteiger partial charge in [-0.2, -0.15) is 5.10 Å². The number of benzene rings is 2. The number of hydrogen-bond donors (Lipinski definition) is 0. The molecule has 1 atom stereocenters. The van der Waals surface area contributed by atoms with E-state index in [9.17, 15) is 9.59 Å². The Morgan fingerprint density at radius 3 is 2.21 bits per heavy atom. The molecule has 1 amide bonds. The summed E-state index contributed by atoms with van der Waals surface area (Å²) in [5, 5.41) is 6.38. The van der Waals surface area contributed by atoms with E-state index in [1.807, 2.05) is 37.3 Å². The predicted octanol–water partition coefficient (Wildman–Crippen LogP) is 3.67. The lowest BCUT2D eigenvalue weighted by molar-refractivity contribution is -0.149. The van der Waals surface area contributed by atoms with Crippen LogP contribution in [0.5, 0.6) is 23.0 Å². The highest BCUT2D eigenvalue weighted by Gasteiger charge is 2.37. The van der Waals surface area contributed by atoms with E-state index >= 15 is 0 Å². The van der Waals surface area contributed by atoms with Crippen LogP contribution in [-0.4, -0.2) is 82.2 Å². The molecule has 2 aliphatic heterocycles. The number of carbonyl (C=O) groups excluding carboxylic acids is 2. The average molecular weight is 540 g/mol. The summed E-state index contributed by atoms with van der Waals surface area (Å²) in [5.41, 5.74) is 2.31. The summed E-state index contributed by atoms with van der Waals surface area (Å²) in [6.45, 7) is 3.65. The Morgan fingerprint density at radius 2 is 1.56 bits per heavy atom. The zero-order valence-corrected chi connectivity index (χ0v) is 23.3. The molecule has 0 N–H and O–H groups in total. The number of amides is 1. The molecule has 39 heavy (non-hydrogen) atoms. The van der Waals surface area contributed by atoms with E-state index in [1.165, 1.54) is 0 Å². The summed E-state index contributed by atoms with van der Waals surface area (Å²) in [5.74, 6) is 2.17. The zero-order valence-electron chi connectivity index (χ0n) is 23.3. The molecule has 1 unspecified atom stereocenters. The molecule has 0 radical (unpaired) electrons. The number of hydrazone groups is 1. The van der Waals surface area contributed by atoms with Gasteiger partial charge in [-0.25, -0.2) is 5.01 Å². The third kappa shape index (κ3) is 6.27. The van der Waals surface area contributed by atoms with Crippen LogP contribution in [0.15, 0.2) is 41.5 Å². The second kappa shape index (κ2) is 12.8. The molecular weight excluding hydrogens is 502 g/mol. The first-order valence-corrected chi connectivity index (χ1v) is 13.1. The van der Waals surface area contributed by atoms with Crippen LogP contribution in [0, 0.1) is 5.92 Å². The molecule has 10 heteroatoms. The lowest BCUT2D eigenvalue weighted by Crippen LogP contribution is -2.43. The molecule has 210 valence electrons. The van der Waals surface area contributed by atoms with Gasteiger partial charge in [0.1, 0.15) is 23.0 Å². The van der Waals surface area contributed by atoms with Crippen molar-refractivity contribution in [2.24, 2.45) is 11.0 Å². The van der Waals surface area contributed by atoms with Crippen molar-refractivity contribution in [2.45, 2.75) is 32.2 Å². The van der Waals surface area contributed by atoms with E-state index in [0.29, 0.717) is 62.0 Å². The zero-order chi connectivity index (χ0) is 27.9. The van der Waals surface area contributed by atoms with Crippen LogP contribution in [0.25, 0.3) is 0 Å². The monoisotopic (exact) mass is 539 g/mol. The van der Waals surface area contributed by atoms with Crippen molar-refractivity contribution < 1.29 is 33.3 Å². The molecule has 0 saturated carbocycles. The molecule has 0 aromatic heterocycles. The standard InChI is InChI=1S/C29H37N3O7/c1-6-39-29(34)19-11-13-31(14-12-19)18-28(33)32-25(23-15-20(35-2)8-10-26(23)37-4)17-24(30-32)22-9-7-21(36-3)16-27(22)38-5/h7-10,15-16,19,25H,6,11-14,17-18H2,1-5H3. The normalized spacial score (nSPS) is 17.9. The molecule has 10 nitrogen and oxygen atoms in total. The van der Waals surface area contributed by atoms with E-state index in [2.05, 4.69) is 4.90 Å². The van der Waals surface area contributed by atoms with Gasteiger partial charge < -0.3 is 23.7 Å². The third-order valence-electron chi connectivity index (χ3n) is 7.25. The minimum absolute atomic E-state index is 0.121. The summed E-state index contributed by atoms with van der Waals surface area (Å²) in [6.07, 6.45) is 1.79. The summed E-state index contributed by atoms with van der Waals surface area (Å²) in [7, 11) is 6.41. The van der Waals surface area contributed by atoms with Gasteiger partial charge in [0.2, 0.25) is 0 Å². The van der Waals surface area contributed by atoms with Gasteiger partial charge in [0.05, 0.1) is 59.3 Å².